The van der Waals surface area contributed by atoms with E-state index in [1.165, 1.54) is 0 Å². The summed E-state index contributed by atoms with van der Waals surface area (Å²) in [6, 6.07) is 23.8. The Morgan fingerprint density at radius 3 is 2.35 bits per heavy atom. The fourth-order valence-electron chi connectivity index (χ4n) is 2.95. The maximum absolute atomic E-state index is 6.14. The van der Waals surface area contributed by atoms with Gasteiger partial charge in [-0.2, -0.15) is 0 Å². The van der Waals surface area contributed by atoms with Gasteiger partial charge in [0, 0.05) is 16.8 Å². The second kappa shape index (κ2) is 6.81. The van der Waals surface area contributed by atoms with Crippen LogP contribution >= 0.6 is 0 Å². The topological polar surface area (TPSA) is 44.5 Å². The molecular formula is C23H19NO2. The van der Waals surface area contributed by atoms with Gasteiger partial charge in [-0.15, -0.1) is 0 Å². The minimum atomic E-state index is 0.758. The third-order valence-corrected chi connectivity index (χ3v) is 4.34. The molecule has 3 aromatic rings. The molecule has 3 heteroatoms. The number of nitrogens with two attached hydrogens (primary N) is 1. The molecule has 0 radical (unpaired) electrons. The van der Waals surface area contributed by atoms with E-state index < -0.39 is 0 Å². The van der Waals surface area contributed by atoms with Crippen molar-refractivity contribution in [1.29, 1.82) is 0 Å². The Morgan fingerprint density at radius 1 is 0.885 bits per heavy atom. The maximum Gasteiger partial charge on any atom is 0.135 e. The van der Waals surface area contributed by atoms with Crippen molar-refractivity contribution in [3.63, 3.8) is 0 Å². The molecule has 2 N–H and O–H groups in total. The van der Waals surface area contributed by atoms with Gasteiger partial charge >= 0.3 is 0 Å². The van der Waals surface area contributed by atoms with Crippen LogP contribution in [0.4, 0.5) is 5.69 Å². The van der Waals surface area contributed by atoms with Crippen molar-refractivity contribution in [1.82, 2.24) is 0 Å². The van der Waals surface area contributed by atoms with Gasteiger partial charge in [0.05, 0.1) is 7.11 Å². The number of methoxy groups -OCH3 is 1. The Labute approximate surface area is 153 Å². The van der Waals surface area contributed by atoms with Crippen LogP contribution in [0.1, 0.15) is 16.7 Å². The third-order valence-electron chi connectivity index (χ3n) is 4.34. The summed E-state index contributed by atoms with van der Waals surface area (Å²) in [5.41, 5.74) is 10.8. The van der Waals surface area contributed by atoms with E-state index in [1.54, 1.807) is 7.11 Å². The van der Waals surface area contributed by atoms with E-state index in [0.717, 1.165) is 45.2 Å². The van der Waals surface area contributed by atoms with Crippen LogP contribution in [0.25, 0.3) is 17.4 Å². The average molecular weight is 341 g/mol. The second-order valence-corrected chi connectivity index (χ2v) is 6.10. The zero-order valence-electron chi connectivity index (χ0n) is 14.5. The standard InChI is InChI=1S/C23H19NO2/c1-25-20-12-8-17(9-13-20)23-15-18(14-16-6-10-19(24)11-7-16)21-4-2-3-5-22(21)26-23/h2-15H,24H2,1H3/b18-14-. The second-order valence-electron chi connectivity index (χ2n) is 6.10. The lowest BCUT2D eigenvalue weighted by Gasteiger charge is -2.20. The molecule has 0 aromatic heterocycles. The quantitative estimate of drug-likeness (QED) is 0.662. The van der Waals surface area contributed by atoms with Gasteiger partial charge < -0.3 is 15.2 Å². The number of para-hydroxylation sites is 1. The summed E-state index contributed by atoms with van der Waals surface area (Å²) in [6.45, 7) is 0. The Morgan fingerprint density at radius 2 is 1.62 bits per heavy atom. The average Bonchev–Trinajstić information content (AvgIpc) is 2.69. The van der Waals surface area contributed by atoms with Crippen molar-refractivity contribution in [2.24, 2.45) is 0 Å². The van der Waals surface area contributed by atoms with Crippen molar-refractivity contribution in [3.05, 3.63) is 95.6 Å². The maximum atomic E-state index is 6.14. The molecule has 0 fully saturated rings. The summed E-state index contributed by atoms with van der Waals surface area (Å²) < 4.78 is 11.4. The number of rotatable bonds is 3. The van der Waals surface area contributed by atoms with Crippen molar-refractivity contribution in [2.45, 2.75) is 0 Å². The largest absolute Gasteiger partial charge is 0.497 e. The first-order valence-corrected chi connectivity index (χ1v) is 8.43. The summed E-state index contributed by atoms with van der Waals surface area (Å²) in [4.78, 5) is 0. The molecule has 0 atom stereocenters. The van der Waals surface area contributed by atoms with Gasteiger partial charge in [0.1, 0.15) is 17.3 Å². The Balaban J connectivity index is 1.79. The third kappa shape index (κ3) is 3.20. The fraction of sp³-hybridized carbons (Fsp3) is 0.0435. The lowest BCUT2D eigenvalue weighted by Crippen LogP contribution is -2.03. The molecule has 3 nitrogen and oxygen atoms in total. The minimum Gasteiger partial charge on any atom is -0.497 e. The van der Waals surface area contributed by atoms with Crippen LogP contribution in [0.2, 0.25) is 0 Å². The number of anilines is 1. The summed E-state index contributed by atoms with van der Waals surface area (Å²) in [6.07, 6.45) is 4.21. The minimum absolute atomic E-state index is 0.758. The first kappa shape index (κ1) is 16.0. The van der Waals surface area contributed by atoms with E-state index >= 15 is 0 Å². The van der Waals surface area contributed by atoms with E-state index in [1.807, 2.05) is 66.7 Å². The molecular weight excluding hydrogens is 322 g/mol. The van der Waals surface area contributed by atoms with Gasteiger partial charge in [-0.1, -0.05) is 30.3 Å². The molecule has 26 heavy (non-hydrogen) atoms. The number of nitrogen functional groups attached to an aromatic ring is 1. The van der Waals surface area contributed by atoms with Crippen LogP contribution in [0.5, 0.6) is 11.5 Å². The number of fused-ring (bicyclic) bond motifs is 1. The van der Waals surface area contributed by atoms with E-state index in [0.29, 0.717) is 0 Å². The lowest BCUT2D eigenvalue weighted by molar-refractivity contribution is 0.414. The highest BCUT2D eigenvalue weighted by Crippen LogP contribution is 2.38. The van der Waals surface area contributed by atoms with E-state index in [9.17, 15) is 0 Å². The normalized spacial score (nSPS) is 14.3. The lowest BCUT2D eigenvalue weighted by atomic mass is 9.97. The van der Waals surface area contributed by atoms with Crippen LogP contribution in [0, 0.1) is 0 Å². The predicted molar refractivity (Wildman–Crippen MR) is 107 cm³/mol. The first-order chi connectivity index (χ1) is 12.7. The van der Waals surface area contributed by atoms with Gasteiger partial charge in [0.25, 0.3) is 0 Å². The Kier molecular flexibility index (Phi) is 4.20. The summed E-state index contributed by atoms with van der Waals surface area (Å²) in [5.74, 6) is 2.48. The van der Waals surface area contributed by atoms with E-state index in [2.05, 4.69) is 18.2 Å². The van der Waals surface area contributed by atoms with Crippen LogP contribution in [-0.4, -0.2) is 7.11 Å². The summed E-state index contributed by atoms with van der Waals surface area (Å²) in [7, 11) is 1.66. The van der Waals surface area contributed by atoms with Crippen molar-refractivity contribution in [3.8, 4) is 11.5 Å². The highest BCUT2D eigenvalue weighted by atomic mass is 16.5. The van der Waals surface area contributed by atoms with Gasteiger partial charge in [-0.25, -0.2) is 0 Å². The molecule has 3 aromatic carbocycles. The highest BCUT2D eigenvalue weighted by molar-refractivity contribution is 5.96. The van der Waals surface area contributed by atoms with Crippen molar-refractivity contribution >= 4 is 23.1 Å². The molecule has 4 rings (SSSR count). The molecule has 1 aliphatic rings. The van der Waals surface area contributed by atoms with E-state index in [-0.39, 0.29) is 0 Å². The SMILES string of the molecule is COc1ccc(C2=C/C(=C/c3ccc(N)cc3)c3ccccc3O2)cc1. The number of benzene rings is 3. The Hall–Kier alpha value is -3.46. The van der Waals surface area contributed by atoms with Crippen molar-refractivity contribution < 1.29 is 9.47 Å². The molecule has 1 heterocycles. The van der Waals surface area contributed by atoms with Gasteiger partial charge in [-0.05, 0) is 65.8 Å². The van der Waals surface area contributed by atoms with E-state index in [4.69, 9.17) is 15.2 Å². The number of ether oxygens (including phenoxy) is 2. The number of allylic oxidation sites excluding steroid dienone is 2. The first-order valence-electron chi connectivity index (χ1n) is 8.43. The number of hydrogen-bond donors (Lipinski definition) is 1. The fourth-order valence-corrected chi connectivity index (χ4v) is 2.95. The van der Waals surface area contributed by atoms with Crippen LogP contribution in [0.15, 0.2) is 78.9 Å². The zero-order valence-corrected chi connectivity index (χ0v) is 14.5. The molecule has 0 bridgehead atoms. The molecule has 128 valence electrons. The zero-order chi connectivity index (χ0) is 17.9. The monoisotopic (exact) mass is 341 g/mol. The molecule has 1 aliphatic heterocycles. The molecule has 0 aliphatic carbocycles. The molecule has 0 saturated carbocycles. The Bertz CT molecular complexity index is 983. The van der Waals surface area contributed by atoms with Crippen LogP contribution in [0.3, 0.4) is 0 Å². The number of hydrogen-bond acceptors (Lipinski definition) is 3. The predicted octanol–water partition coefficient (Wildman–Crippen LogP) is 5.25. The summed E-state index contributed by atoms with van der Waals surface area (Å²) in [5, 5.41) is 0. The van der Waals surface area contributed by atoms with Crippen LogP contribution < -0.4 is 15.2 Å². The smallest absolute Gasteiger partial charge is 0.135 e. The van der Waals surface area contributed by atoms with Crippen LogP contribution in [-0.2, 0) is 0 Å². The highest BCUT2D eigenvalue weighted by Gasteiger charge is 2.17. The molecule has 0 amide bonds. The molecule has 0 unspecified atom stereocenters. The molecule has 0 spiro atoms. The van der Waals surface area contributed by atoms with Gasteiger partial charge in [0.15, 0.2) is 0 Å². The van der Waals surface area contributed by atoms with Gasteiger partial charge in [-0.3, -0.25) is 0 Å². The van der Waals surface area contributed by atoms with Crippen molar-refractivity contribution in [2.75, 3.05) is 12.8 Å². The summed E-state index contributed by atoms with van der Waals surface area (Å²) >= 11 is 0. The van der Waals surface area contributed by atoms with Gasteiger partial charge in [0.2, 0.25) is 0 Å². The molecule has 0 saturated heterocycles.